The average molecular weight is 208 g/mol. The summed E-state index contributed by atoms with van der Waals surface area (Å²) < 4.78 is 4.79. The van der Waals surface area contributed by atoms with Crippen molar-refractivity contribution in [3.05, 3.63) is 35.9 Å². The third-order valence-electron chi connectivity index (χ3n) is 1.28. The molecule has 0 aliphatic carbocycles. The second kappa shape index (κ2) is 7.74. The van der Waals surface area contributed by atoms with E-state index in [-0.39, 0.29) is 11.8 Å². The van der Waals surface area contributed by atoms with Gasteiger partial charge in [0, 0.05) is 0 Å². The number of hydrogen-bond acceptors (Lipinski definition) is 3. The highest BCUT2D eigenvalue weighted by Gasteiger charge is 2.02. The van der Waals surface area contributed by atoms with Gasteiger partial charge in [-0.1, -0.05) is 18.2 Å². The normalized spacial score (nSPS) is 8.47. The largest absolute Gasteiger partial charge is 0.462 e. The summed E-state index contributed by atoms with van der Waals surface area (Å²) in [7, 11) is 0. The van der Waals surface area contributed by atoms with Gasteiger partial charge in [-0.15, -0.1) is 0 Å². The maximum absolute atomic E-state index is 11.0. The van der Waals surface area contributed by atoms with Gasteiger partial charge in [-0.3, -0.25) is 0 Å². The SMILES string of the molecule is CC(C)=O.CCOC(=O)c1ccccc1. The second-order valence-electron chi connectivity index (χ2n) is 2.99. The smallest absolute Gasteiger partial charge is 0.338 e. The fourth-order valence-electron chi connectivity index (χ4n) is 0.789. The van der Waals surface area contributed by atoms with Crippen LogP contribution >= 0.6 is 0 Å². The first-order chi connectivity index (χ1) is 7.07. The van der Waals surface area contributed by atoms with Crippen LogP contribution in [0.5, 0.6) is 0 Å². The van der Waals surface area contributed by atoms with Gasteiger partial charge in [0.1, 0.15) is 5.78 Å². The lowest BCUT2D eigenvalue weighted by atomic mass is 10.2. The van der Waals surface area contributed by atoms with Crippen LogP contribution in [0, 0.1) is 0 Å². The molecule has 0 unspecified atom stereocenters. The van der Waals surface area contributed by atoms with E-state index >= 15 is 0 Å². The predicted molar refractivity (Wildman–Crippen MR) is 58.8 cm³/mol. The molecule has 0 fully saturated rings. The van der Waals surface area contributed by atoms with Gasteiger partial charge >= 0.3 is 5.97 Å². The summed E-state index contributed by atoms with van der Waals surface area (Å²) in [6.45, 7) is 5.27. The highest BCUT2D eigenvalue weighted by Crippen LogP contribution is 1.99. The molecule has 0 aliphatic heterocycles. The molecular weight excluding hydrogens is 192 g/mol. The van der Waals surface area contributed by atoms with Gasteiger partial charge in [-0.05, 0) is 32.9 Å². The number of hydrogen-bond donors (Lipinski definition) is 0. The van der Waals surface area contributed by atoms with Crippen molar-refractivity contribution in [2.75, 3.05) is 6.61 Å². The number of ketones is 1. The Hall–Kier alpha value is -1.64. The summed E-state index contributed by atoms with van der Waals surface area (Å²) in [5, 5.41) is 0. The number of carbonyl (C=O) groups is 2. The van der Waals surface area contributed by atoms with Crippen LogP contribution in [0.25, 0.3) is 0 Å². The number of rotatable bonds is 2. The Morgan fingerprint density at radius 2 is 1.60 bits per heavy atom. The van der Waals surface area contributed by atoms with E-state index in [0.29, 0.717) is 12.2 Å². The Balaban J connectivity index is 0.000000423. The Morgan fingerprint density at radius 3 is 2.00 bits per heavy atom. The summed E-state index contributed by atoms with van der Waals surface area (Å²) in [4.78, 5) is 20.5. The molecule has 0 amide bonds. The molecular formula is C12H16O3. The lowest BCUT2D eigenvalue weighted by Gasteiger charge is -1.99. The second-order valence-corrected chi connectivity index (χ2v) is 2.99. The minimum atomic E-state index is -0.256. The Bertz CT molecular complexity index is 300. The van der Waals surface area contributed by atoms with Gasteiger partial charge in [-0.2, -0.15) is 0 Å². The summed E-state index contributed by atoms with van der Waals surface area (Å²) in [5.74, 6) is -0.0897. The van der Waals surface area contributed by atoms with Crippen LogP contribution < -0.4 is 0 Å². The first kappa shape index (κ1) is 13.4. The summed E-state index contributed by atoms with van der Waals surface area (Å²) in [6, 6.07) is 8.96. The molecule has 0 saturated heterocycles. The third-order valence-corrected chi connectivity index (χ3v) is 1.28. The van der Waals surface area contributed by atoms with E-state index in [1.165, 1.54) is 13.8 Å². The van der Waals surface area contributed by atoms with Gasteiger partial charge in [-0.25, -0.2) is 4.79 Å². The minimum absolute atomic E-state index is 0.167. The van der Waals surface area contributed by atoms with Crippen LogP contribution in [0.15, 0.2) is 30.3 Å². The summed E-state index contributed by atoms with van der Waals surface area (Å²) in [5.41, 5.74) is 0.606. The summed E-state index contributed by atoms with van der Waals surface area (Å²) in [6.07, 6.45) is 0. The van der Waals surface area contributed by atoms with E-state index in [1.807, 2.05) is 18.2 Å². The van der Waals surface area contributed by atoms with E-state index in [2.05, 4.69) is 0 Å². The van der Waals surface area contributed by atoms with Crippen LogP contribution in [0.1, 0.15) is 31.1 Å². The number of Topliss-reactive ketones (excluding diaryl/α,β-unsaturated/α-hetero) is 1. The van der Waals surface area contributed by atoms with Crippen molar-refractivity contribution in [2.24, 2.45) is 0 Å². The monoisotopic (exact) mass is 208 g/mol. The topological polar surface area (TPSA) is 43.4 Å². The molecule has 0 radical (unpaired) electrons. The van der Waals surface area contributed by atoms with Crippen molar-refractivity contribution >= 4 is 11.8 Å². The molecule has 0 heterocycles. The first-order valence-electron chi connectivity index (χ1n) is 4.77. The van der Waals surface area contributed by atoms with Gasteiger partial charge < -0.3 is 9.53 Å². The van der Waals surface area contributed by atoms with Crippen molar-refractivity contribution in [3.63, 3.8) is 0 Å². The summed E-state index contributed by atoms with van der Waals surface area (Å²) >= 11 is 0. The number of esters is 1. The molecule has 1 aromatic carbocycles. The number of carbonyl (C=O) groups excluding carboxylic acids is 2. The fraction of sp³-hybridized carbons (Fsp3) is 0.333. The lowest BCUT2D eigenvalue weighted by Crippen LogP contribution is -2.03. The number of benzene rings is 1. The highest BCUT2D eigenvalue weighted by molar-refractivity contribution is 5.89. The van der Waals surface area contributed by atoms with Gasteiger partial charge in [0.05, 0.1) is 12.2 Å². The van der Waals surface area contributed by atoms with Gasteiger partial charge in [0.2, 0.25) is 0 Å². The molecule has 3 heteroatoms. The maximum Gasteiger partial charge on any atom is 0.338 e. The quantitative estimate of drug-likeness (QED) is 0.701. The van der Waals surface area contributed by atoms with E-state index in [0.717, 1.165) is 0 Å². The zero-order chi connectivity index (χ0) is 11.7. The van der Waals surface area contributed by atoms with Crippen LogP contribution in [0.4, 0.5) is 0 Å². The zero-order valence-electron chi connectivity index (χ0n) is 9.32. The van der Waals surface area contributed by atoms with Crippen LogP contribution in [-0.2, 0) is 9.53 Å². The van der Waals surface area contributed by atoms with Crippen molar-refractivity contribution < 1.29 is 14.3 Å². The first-order valence-corrected chi connectivity index (χ1v) is 4.77. The Kier molecular flexibility index (Phi) is 6.89. The van der Waals surface area contributed by atoms with E-state index in [9.17, 15) is 9.59 Å². The van der Waals surface area contributed by atoms with E-state index < -0.39 is 0 Å². The van der Waals surface area contributed by atoms with E-state index in [4.69, 9.17) is 4.74 Å². The van der Waals surface area contributed by atoms with Gasteiger partial charge in [0.15, 0.2) is 0 Å². The van der Waals surface area contributed by atoms with E-state index in [1.54, 1.807) is 19.1 Å². The van der Waals surface area contributed by atoms with Crippen LogP contribution in [0.2, 0.25) is 0 Å². The molecule has 0 N–H and O–H groups in total. The predicted octanol–water partition coefficient (Wildman–Crippen LogP) is 2.46. The molecule has 1 rings (SSSR count). The number of ether oxygens (including phenoxy) is 1. The molecule has 82 valence electrons. The maximum atomic E-state index is 11.0. The molecule has 0 aromatic heterocycles. The van der Waals surface area contributed by atoms with Crippen LogP contribution in [-0.4, -0.2) is 18.4 Å². The van der Waals surface area contributed by atoms with Crippen LogP contribution in [0.3, 0.4) is 0 Å². The van der Waals surface area contributed by atoms with Crippen molar-refractivity contribution in [3.8, 4) is 0 Å². The molecule has 0 spiro atoms. The molecule has 15 heavy (non-hydrogen) atoms. The third kappa shape index (κ3) is 7.43. The Labute approximate surface area is 90.1 Å². The molecule has 0 bridgehead atoms. The van der Waals surface area contributed by atoms with Crippen molar-refractivity contribution in [1.82, 2.24) is 0 Å². The Morgan fingerprint density at radius 1 is 1.13 bits per heavy atom. The van der Waals surface area contributed by atoms with Crippen molar-refractivity contribution in [1.29, 1.82) is 0 Å². The highest BCUT2D eigenvalue weighted by atomic mass is 16.5. The molecule has 0 saturated carbocycles. The fourth-order valence-corrected chi connectivity index (χ4v) is 0.789. The molecule has 0 aliphatic rings. The minimum Gasteiger partial charge on any atom is -0.462 e. The lowest BCUT2D eigenvalue weighted by molar-refractivity contribution is -0.114. The van der Waals surface area contributed by atoms with Gasteiger partial charge in [0.25, 0.3) is 0 Å². The van der Waals surface area contributed by atoms with Crippen molar-refractivity contribution in [2.45, 2.75) is 20.8 Å². The molecule has 1 aromatic rings. The molecule has 3 nitrogen and oxygen atoms in total. The average Bonchev–Trinajstić information content (AvgIpc) is 2.19. The molecule has 0 atom stereocenters. The zero-order valence-corrected chi connectivity index (χ0v) is 9.32. The standard InChI is InChI=1S/C9H10O2.C3H6O/c1-2-11-9(10)8-6-4-3-5-7-8;1-3(2)4/h3-7H,2H2,1H3;1-2H3.